The zero-order valence-corrected chi connectivity index (χ0v) is 11.8. The Morgan fingerprint density at radius 3 is 2.14 bits per heavy atom. The third kappa shape index (κ3) is 2.53. The Balaban J connectivity index is 2.14. The summed E-state index contributed by atoms with van der Waals surface area (Å²) in [5.41, 5.74) is 1.14. The van der Waals surface area contributed by atoms with Crippen LogP contribution in [0.2, 0.25) is 0 Å². The van der Waals surface area contributed by atoms with Crippen molar-refractivity contribution in [1.82, 2.24) is 0 Å². The summed E-state index contributed by atoms with van der Waals surface area (Å²) in [5.74, 6) is -0.831. The molecule has 0 radical (unpaired) electrons. The lowest BCUT2D eigenvalue weighted by Gasteiger charge is -2.38. The molecule has 0 amide bonds. The highest BCUT2D eigenvalue weighted by molar-refractivity contribution is 5.42. The number of hydrogen-bond acceptors (Lipinski definition) is 1. The third-order valence-corrected chi connectivity index (χ3v) is 4.57. The highest BCUT2D eigenvalue weighted by Crippen LogP contribution is 2.46. The molecule has 21 heavy (non-hydrogen) atoms. The number of phenols is 1. The van der Waals surface area contributed by atoms with E-state index in [0.29, 0.717) is 5.56 Å². The molecule has 1 nitrogen and oxygen atoms in total. The lowest BCUT2D eigenvalue weighted by molar-refractivity contribution is 0.334. The third-order valence-electron chi connectivity index (χ3n) is 4.57. The lowest BCUT2D eigenvalue weighted by atomic mass is 9.65. The van der Waals surface area contributed by atoms with Crippen LogP contribution >= 0.6 is 0 Å². The minimum absolute atomic E-state index is 0.198. The number of hydrogen-bond donors (Lipinski definition) is 1. The van der Waals surface area contributed by atoms with Crippen molar-refractivity contribution >= 4 is 0 Å². The summed E-state index contributed by atoms with van der Waals surface area (Å²) in [7, 11) is 0. The molecular formula is C18H18F2O. The Bertz CT molecular complexity index is 628. The molecule has 0 bridgehead atoms. The Kier molecular flexibility index (Phi) is 3.66. The first-order valence-corrected chi connectivity index (χ1v) is 7.37. The molecule has 1 N–H and O–H groups in total. The zero-order chi connectivity index (χ0) is 14.9. The Morgan fingerprint density at radius 1 is 0.857 bits per heavy atom. The monoisotopic (exact) mass is 288 g/mol. The number of phenolic OH excluding ortho intramolecular Hbond substituents is 1. The van der Waals surface area contributed by atoms with E-state index in [1.807, 2.05) is 12.1 Å². The first kappa shape index (κ1) is 14.1. The molecule has 3 rings (SSSR count). The molecule has 2 aromatic carbocycles. The predicted molar refractivity (Wildman–Crippen MR) is 78.3 cm³/mol. The average Bonchev–Trinajstić information content (AvgIpc) is 2.48. The van der Waals surface area contributed by atoms with Gasteiger partial charge in [-0.05, 0) is 42.2 Å². The van der Waals surface area contributed by atoms with Gasteiger partial charge in [0.05, 0.1) is 0 Å². The van der Waals surface area contributed by atoms with Crippen molar-refractivity contribution in [2.24, 2.45) is 0 Å². The van der Waals surface area contributed by atoms with Gasteiger partial charge in [-0.2, -0.15) is 0 Å². The maximum absolute atomic E-state index is 14.4. The molecular weight excluding hydrogens is 270 g/mol. The van der Waals surface area contributed by atoms with E-state index < -0.39 is 17.0 Å². The molecule has 0 spiro atoms. The van der Waals surface area contributed by atoms with Crippen molar-refractivity contribution in [3.63, 3.8) is 0 Å². The van der Waals surface area contributed by atoms with Crippen LogP contribution in [0.4, 0.5) is 8.78 Å². The lowest BCUT2D eigenvalue weighted by Crippen LogP contribution is -2.31. The molecule has 2 aromatic rings. The van der Waals surface area contributed by atoms with Gasteiger partial charge in [0.2, 0.25) is 0 Å². The number of aromatic hydroxyl groups is 1. The minimum atomic E-state index is -0.548. The van der Waals surface area contributed by atoms with E-state index >= 15 is 0 Å². The van der Waals surface area contributed by atoms with E-state index in [4.69, 9.17) is 0 Å². The summed E-state index contributed by atoms with van der Waals surface area (Å²) >= 11 is 0. The molecule has 3 heteroatoms. The number of benzene rings is 2. The molecule has 1 fully saturated rings. The Morgan fingerprint density at radius 2 is 1.52 bits per heavy atom. The summed E-state index contributed by atoms with van der Waals surface area (Å²) in [5, 5.41) is 9.48. The maximum atomic E-state index is 14.4. The summed E-state index contributed by atoms with van der Waals surface area (Å²) in [6, 6.07) is 10.8. The summed E-state index contributed by atoms with van der Waals surface area (Å²) in [6.45, 7) is 0. The van der Waals surface area contributed by atoms with Gasteiger partial charge in [0.15, 0.2) is 0 Å². The van der Waals surface area contributed by atoms with Crippen molar-refractivity contribution in [2.45, 2.75) is 37.5 Å². The number of rotatable bonds is 2. The van der Waals surface area contributed by atoms with Crippen LogP contribution in [-0.4, -0.2) is 5.11 Å². The molecule has 110 valence electrons. The van der Waals surface area contributed by atoms with Crippen LogP contribution in [0.1, 0.15) is 43.2 Å². The van der Waals surface area contributed by atoms with Crippen LogP contribution in [0.15, 0.2) is 42.5 Å². The topological polar surface area (TPSA) is 20.2 Å². The van der Waals surface area contributed by atoms with E-state index in [1.54, 1.807) is 18.2 Å². The molecule has 0 heterocycles. The average molecular weight is 288 g/mol. The van der Waals surface area contributed by atoms with Gasteiger partial charge in [-0.25, -0.2) is 8.78 Å². The van der Waals surface area contributed by atoms with E-state index in [9.17, 15) is 13.9 Å². The van der Waals surface area contributed by atoms with Gasteiger partial charge < -0.3 is 5.11 Å². The van der Waals surface area contributed by atoms with Gasteiger partial charge in [-0.15, -0.1) is 0 Å². The summed E-state index contributed by atoms with van der Waals surface area (Å²) in [4.78, 5) is 0. The Labute approximate surface area is 123 Å². The fourth-order valence-corrected chi connectivity index (χ4v) is 3.53. The fraction of sp³-hybridized carbons (Fsp3) is 0.333. The molecule has 0 aromatic heterocycles. The van der Waals surface area contributed by atoms with Crippen LogP contribution in [0, 0.1) is 11.6 Å². The largest absolute Gasteiger partial charge is 0.508 e. The number of halogens is 2. The first-order valence-electron chi connectivity index (χ1n) is 7.37. The normalized spacial score (nSPS) is 17.6. The van der Waals surface area contributed by atoms with E-state index in [2.05, 4.69) is 0 Å². The van der Waals surface area contributed by atoms with Crippen LogP contribution in [0.25, 0.3) is 0 Å². The quantitative estimate of drug-likeness (QED) is 0.831. The smallest absolute Gasteiger partial charge is 0.130 e. The highest BCUT2D eigenvalue weighted by atomic mass is 19.1. The SMILES string of the molecule is Oc1ccc(C2(c3ccc(F)cc3F)CCCCC2)cc1. The molecule has 0 saturated heterocycles. The standard InChI is InChI=1S/C18H18F2O/c19-14-6-9-16(17(20)12-14)18(10-2-1-3-11-18)13-4-7-15(21)8-5-13/h4-9,12,21H,1-3,10-11H2. The van der Waals surface area contributed by atoms with Gasteiger partial charge in [-0.1, -0.05) is 37.5 Å². The molecule has 1 saturated carbocycles. The predicted octanol–water partition coefficient (Wildman–Crippen LogP) is 4.92. The fourth-order valence-electron chi connectivity index (χ4n) is 3.53. The van der Waals surface area contributed by atoms with Crippen LogP contribution in [0.3, 0.4) is 0 Å². The van der Waals surface area contributed by atoms with Gasteiger partial charge >= 0.3 is 0 Å². The minimum Gasteiger partial charge on any atom is -0.508 e. The van der Waals surface area contributed by atoms with Crippen molar-refractivity contribution in [3.05, 3.63) is 65.2 Å². The van der Waals surface area contributed by atoms with Gasteiger partial charge in [0.1, 0.15) is 17.4 Å². The summed E-state index contributed by atoms with van der Waals surface area (Å²) < 4.78 is 27.6. The van der Waals surface area contributed by atoms with E-state index in [-0.39, 0.29) is 5.75 Å². The van der Waals surface area contributed by atoms with Gasteiger partial charge in [-0.3, -0.25) is 0 Å². The van der Waals surface area contributed by atoms with E-state index in [0.717, 1.165) is 43.7 Å². The molecule has 1 aliphatic rings. The second-order valence-electron chi connectivity index (χ2n) is 5.81. The summed E-state index contributed by atoms with van der Waals surface area (Å²) in [6.07, 6.45) is 4.89. The van der Waals surface area contributed by atoms with Gasteiger partial charge in [0.25, 0.3) is 0 Å². The van der Waals surface area contributed by atoms with Crippen molar-refractivity contribution in [3.8, 4) is 5.75 Å². The first-order chi connectivity index (χ1) is 10.1. The maximum Gasteiger partial charge on any atom is 0.130 e. The zero-order valence-electron chi connectivity index (χ0n) is 11.8. The van der Waals surface area contributed by atoms with Crippen LogP contribution in [0.5, 0.6) is 5.75 Å². The molecule has 1 aliphatic carbocycles. The van der Waals surface area contributed by atoms with Crippen LogP contribution < -0.4 is 0 Å². The van der Waals surface area contributed by atoms with Crippen LogP contribution in [-0.2, 0) is 5.41 Å². The molecule has 0 atom stereocenters. The Hall–Kier alpha value is -1.90. The highest BCUT2D eigenvalue weighted by Gasteiger charge is 2.37. The molecule has 0 unspecified atom stereocenters. The second-order valence-corrected chi connectivity index (χ2v) is 5.81. The van der Waals surface area contributed by atoms with E-state index in [1.165, 1.54) is 6.07 Å². The van der Waals surface area contributed by atoms with Crippen molar-refractivity contribution in [2.75, 3.05) is 0 Å². The second kappa shape index (κ2) is 5.47. The molecule has 0 aliphatic heterocycles. The van der Waals surface area contributed by atoms with Gasteiger partial charge in [0, 0.05) is 11.5 Å². The van der Waals surface area contributed by atoms with Crippen molar-refractivity contribution in [1.29, 1.82) is 0 Å². The van der Waals surface area contributed by atoms with Crippen molar-refractivity contribution < 1.29 is 13.9 Å².